The molecule has 2 unspecified atom stereocenters. The molecular weight excluding hydrogens is 535 g/mol. The number of fused-ring (bicyclic) bond motifs is 1. The van der Waals surface area contributed by atoms with Gasteiger partial charge in [-0.05, 0) is 29.8 Å². The number of H-pyrrole nitrogens is 1. The van der Waals surface area contributed by atoms with Crippen LogP contribution in [0.3, 0.4) is 0 Å². The molecule has 1 aliphatic heterocycles. The topological polar surface area (TPSA) is 158 Å². The SMILES string of the molecule is COc1cccc(CNC(=O)c2nc3ccc(F)c(OCCC4COC(CNS(C)(=O)=O)CO4)c3c(=O)[nH]2)c1. The second-order valence-electron chi connectivity index (χ2n) is 8.89. The molecule has 1 aromatic heterocycles. The van der Waals surface area contributed by atoms with Crippen LogP contribution in [0.4, 0.5) is 4.39 Å². The lowest BCUT2D eigenvalue weighted by Gasteiger charge is -2.29. The van der Waals surface area contributed by atoms with Gasteiger partial charge in [-0.25, -0.2) is 22.5 Å². The average molecular weight is 565 g/mol. The summed E-state index contributed by atoms with van der Waals surface area (Å²) < 4.78 is 61.5. The number of aromatic nitrogens is 2. The zero-order valence-corrected chi connectivity index (χ0v) is 22.2. The highest BCUT2D eigenvalue weighted by molar-refractivity contribution is 7.88. The van der Waals surface area contributed by atoms with E-state index in [-0.39, 0.29) is 61.5 Å². The van der Waals surface area contributed by atoms with Gasteiger partial charge < -0.3 is 29.2 Å². The summed E-state index contributed by atoms with van der Waals surface area (Å²) in [6.07, 6.45) is 0.620. The van der Waals surface area contributed by atoms with E-state index in [0.29, 0.717) is 12.2 Å². The van der Waals surface area contributed by atoms with Crippen molar-refractivity contribution in [2.24, 2.45) is 0 Å². The first kappa shape index (κ1) is 28.4. The number of carbonyl (C=O) groups excluding carboxylic acids is 1. The Morgan fingerprint density at radius 2 is 1.97 bits per heavy atom. The van der Waals surface area contributed by atoms with E-state index in [4.69, 9.17) is 18.9 Å². The predicted octanol–water partition coefficient (Wildman–Crippen LogP) is 1.10. The van der Waals surface area contributed by atoms with Crippen molar-refractivity contribution >= 4 is 26.8 Å². The van der Waals surface area contributed by atoms with E-state index in [9.17, 15) is 22.4 Å². The van der Waals surface area contributed by atoms with Crippen LogP contribution < -0.4 is 25.1 Å². The molecular formula is C25H29FN4O8S. The van der Waals surface area contributed by atoms with Crippen LogP contribution >= 0.6 is 0 Å². The maximum absolute atomic E-state index is 14.6. The Hall–Kier alpha value is -3.59. The molecule has 0 saturated carbocycles. The third-order valence-electron chi connectivity index (χ3n) is 5.88. The van der Waals surface area contributed by atoms with Crippen molar-refractivity contribution in [3.05, 3.63) is 64.0 Å². The summed E-state index contributed by atoms with van der Waals surface area (Å²) in [5.74, 6) is -1.22. The highest BCUT2D eigenvalue weighted by Crippen LogP contribution is 2.26. The number of nitrogens with one attached hydrogen (secondary N) is 3. The van der Waals surface area contributed by atoms with Gasteiger partial charge in [-0.2, -0.15) is 0 Å². The normalized spacial score (nSPS) is 17.6. The van der Waals surface area contributed by atoms with Gasteiger partial charge in [0, 0.05) is 19.5 Å². The lowest BCUT2D eigenvalue weighted by molar-refractivity contribution is -0.134. The molecule has 39 heavy (non-hydrogen) atoms. The minimum atomic E-state index is -3.33. The third-order valence-corrected chi connectivity index (χ3v) is 6.57. The molecule has 12 nitrogen and oxygen atoms in total. The molecule has 0 radical (unpaired) electrons. The van der Waals surface area contributed by atoms with Gasteiger partial charge in [0.2, 0.25) is 10.0 Å². The first-order valence-electron chi connectivity index (χ1n) is 12.1. The van der Waals surface area contributed by atoms with E-state index in [2.05, 4.69) is 20.0 Å². The number of amides is 1. The highest BCUT2D eigenvalue weighted by Gasteiger charge is 2.24. The number of ether oxygens (including phenoxy) is 4. The van der Waals surface area contributed by atoms with Crippen LogP contribution in [0.1, 0.15) is 22.6 Å². The third kappa shape index (κ3) is 7.72. The second kappa shape index (κ2) is 12.5. The van der Waals surface area contributed by atoms with E-state index in [1.807, 2.05) is 6.07 Å². The van der Waals surface area contributed by atoms with Gasteiger partial charge in [-0.1, -0.05) is 12.1 Å². The molecule has 3 N–H and O–H groups in total. The summed E-state index contributed by atoms with van der Waals surface area (Å²) in [5.41, 5.74) is 0.164. The summed E-state index contributed by atoms with van der Waals surface area (Å²) in [6, 6.07) is 9.56. The van der Waals surface area contributed by atoms with Gasteiger partial charge in [-0.3, -0.25) is 9.59 Å². The highest BCUT2D eigenvalue weighted by atomic mass is 32.2. The molecule has 1 aliphatic rings. The minimum absolute atomic E-state index is 0.0124. The van der Waals surface area contributed by atoms with Gasteiger partial charge in [0.1, 0.15) is 11.1 Å². The van der Waals surface area contributed by atoms with Crippen molar-refractivity contribution in [2.45, 2.75) is 25.2 Å². The fourth-order valence-corrected chi connectivity index (χ4v) is 4.37. The second-order valence-corrected chi connectivity index (χ2v) is 10.7. The largest absolute Gasteiger partial charge is 0.497 e. The molecule has 1 saturated heterocycles. The van der Waals surface area contributed by atoms with Crippen LogP contribution in [0.15, 0.2) is 41.2 Å². The van der Waals surface area contributed by atoms with Crippen LogP contribution in [-0.4, -0.2) is 76.2 Å². The molecule has 1 fully saturated rings. The van der Waals surface area contributed by atoms with Crippen LogP contribution in [-0.2, 0) is 26.0 Å². The van der Waals surface area contributed by atoms with Crippen molar-refractivity contribution in [1.82, 2.24) is 20.0 Å². The van der Waals surface area contributed by atoms with Crippen molar-refractivity contribution in [1.29, 1.82) is 0 Å². The van der Waals surface area contributed by atoms with Gasteiger partial charge in [0.25, 0.3) is 11.5 Å². The van der Waals surface area contributed by atoms with Crippen LogP contribution in [0, 0.1) is 5.82 Å². The number of hydrogen-bond acceptors (Lipinski definition) is 9. The van der Waals surface area contributed by atoms with Crippen LogP contribution in [0.2, 0.25) is 0 Å². The minimum Gasteiger partial charge on any atom is -0.497 e. The maximum Gasteiger partial charge on any atom is 0.287 e. The molecule has 1 amide bonds. The van der Waals surface area contributed by atoms with E-state index >= 15 is 0 Å². The van der Waals surface area contributed by atoms with Gasteiger partial charge >= 0.3 is 0 Å². The number of sulfonamides is 1. The van der Waals surface area contributed by atoms with Crippen LogP contribution in [0.5, 0.6) is 11.5 Å². The van der Waals surface area contributed by atoms with Crippen molar-refractivity contribution in [2.75, 3.05) is 39.7 Å². The first-order chi connectivity index (χ1) is 18.6. The van der Waals surface area contributed by atoms with E-state index in [1.165, 1.54) is 6.07 Å². The zero-order chi connectivity index (χ0) is 28.0. The number of halogens is 1. The van der Waals surface area contributed by atoms with Gasteiger partial charge in [-0.15, -0.1) is 0 Å². The Morgan fingerprint density at radius 3 is 2.69 bits per heavy atom. The Balaban J connectivity index is 1.36. The lowest BCUT2D eigenvalue weighted by atomic mass is 10.2. The summed E-state index contributed by atoms with van der Waals surface area (Å²) in [4.78, 5) is 32.1. The standard InChI is InChI=1S/C25H29FN4O8S/c1-35-16-5-3-4-15(10-16)11-27-25(32)23-29-20-7-6-19(26)22(21(20)24(31)30-23)36-9-8-17-13-38-18(14-37-17)12-28-39(2,33)34/h3-7,10,17-18,28H,8-9,11-14H2,1-2H3,(H,27,32)(H,29,30,31). The molecule has 0 aliphatic carbocycles. The molecule has 0 spiro atoms. The van der Waals surface area contributed by atoms with Gasteiger partial charge in [0.15, 0.2) is 17.4 Å². The number of rotatable bonds is 11. The molecule has 3 aromatic rings. The fourth-order valence-electron chi connectivity index (χ4n) is 3.88. The van der Waals surface area contributed by atoms with Crippen LogP contribution in [0.25, 0.3) is 10.9 Å². The Labute approximate surface area is 223 Å². The Bertz CT molecular complexity index is 1490. The summed E-state index contributed by atoms with van der Waals surface area (Å²) in [6.45, 7) is 0.673. The molecule has 14 heteroatoms. The number of aromatic amines is 1. The lowest BCUT2D eigenvalue weighted by Crippen LogP contribution is -2.43. The number of methoxy groups -OCH3 is 1. The summed E-state index contributed by atoms with van der Waals surface area (Å²) in [7, 11) is -1.79. The quantitative estimate of drug-likeness (QED) is 0.310. The monoisotopic (exact) mass is 564 g/mol. The Kier molecular flexibility index (Phi) is 9.12. The van der Waals surface area contributed by atoms with Crippen molar-refractivity contribution in [3.63, 3.8) is 0 Å². The zero-order valence-electron chi connectivity index (χ0n) is 21.4. The van der Waals surface area contributed by atoms with E-state index in [1.54, 1.807) is 25.3 Å². The van der Waals surface area contributed by atoms with Crippen molar-refractivity contribution < 1.29 is 36.6 Å². The maximum atomic E-state index is 14.6. The molecule has 2 heterocycles. The number of carbonyl (C=O) groups is 1. The predicted molar refractivity (Wildman–Crippen MR) is 139 cm³/mol. The first-order valence-corrected chi connectivity index (χ1v) is 14.0. The van der Waals surface area contributed by atoms with Gasteiger partial charge in [0.05, 0.1) is 50.9 Å². The Morgan fingerprint density at radius 1 is 1.21 bits per heavy atom. The molecule has 4 rings (SSSR count). The van der Waals surface area contributed by atoms with E-state index in [0.717, 1.165) is 17.9 Å². The smallest absolute Gasteiger partial charge is 0.287 e. The molecule has 210 valence electrons. The average Bonchev–Trinajstić information content (AvgIpc) is 2.92. The fraction of sp³-hybridized carbons (Fsp3) is 0.400. The summed E-state index contributed by atoms with van der Waals surface area (Å²) >= 11 is 0. The number of hydrogen-bond donors (Lipinski definition) is 3. The summed E-state index contributed by atoms with van der Waals surface area (Å²) in [5, 5.41) is 2.56. The number of nitrogens with zero attached hydrogens (tertiary/aromatic N) is 1. The molecule has 0 bridgehead atoms. The van der Waals surface area contributed by atoms with E-state index < -0.39 is 33.4 Å². The van der Waals surface area contributed by atoms with Crippen molar-refractivity contribution in [3.8, 4) is 11.5 Å². The number of benzene rings is 2. The molecule has 2 atom stereocenters. The molecule has 2 aromatic carbocycles.